The number of anilines is 1. The van der Waals surface area contributed by atoms with E-state index in [0.29, 0.717) is 16.4 Å². The van der Waals surface area contributed by atoms with E-state index in [4.69, 9.17) is 16.3 Å². The van der Waals surface area contributed by atoms with E-state index in [2.05, 4.69) is 25.7 Å². The van der Waals surface area contributed by atoms with Crippen molar-refractivity contribution in [3.63, 3.8) is 0 Å². The summed E-state index contributed by atoms with van der Waals surface area (Å²) < 4.78 is 4.82. The van der Waals surface area contributed by atoms with E-state index in [0.717, 1.165) is 16.8 Å². The van der Waals surface area contributed by atoms with Crippen LogP contribution >= 0.6 is 11.6 Å². The predicted octanol–water partition coefficient (Wildman–Crippen LogP) is 2.71. The van der Waals surface area contributed by atoms with E-state index >= 15 is 0 Å². The molecule has 1 aliphatic heterocycles. The highest BCUT2D eigenvalue weighted by molar-refractivity contribution is 6.30. The lowest BCUT2D eigenvalue weighted by Gasteiger charge is -2.22. The topological polar surface area (TPSA) is 113 Å². The van der Waals surface area contributed by atoms with Crippen LogP contribution in [0.5, 0.6) is 0 Å². The van der Waals surface area contributed by atoms with Gasteiger partial charge in [-0.3, -0.25) is 15.0 Å². The van der Waals surface area contributed by atoms with Crippen molar-refractivity contribution in [2.45, 2.75) is 12.3 Å². The van der Waals surface area contributed by atoms with Crippen LogP contribution in [0.25, 0.3) is 11.3 Å². The molecule has 0 saturated heterocycles. The van der Waals surface area contributed by atoms with Crippen molar-refractivity contribution >= 4 is 29.3 Å². The third kappa shape index (κ3) is 2.64. The third-order valence-corrected chi connectivity index (χ3v) is 4.62. The van der Waals surface area contributed by atoms with Crippen LogP contribution in [0.3, 0.4) is 0 Å². The van der Waals surface area contributed by atoms with E-state index < -0.39 is 11.9 Å². The van der Waals surface area contributed by atoms with Crippen LogP contribution in [-0.4, -0.2) is 39.4 Å². The highest BCUT2D eigenvalue weighted by Crippen LogP contribution is 2.41. The number of rotatable bonds is 3. The van der Waals surface area contributed by atoms with Gasteiger partial charge in [0.15, 0.2) is 5.82 Å². The number of benzene rings is 1. The largest absolute Gasteiger partial charge is 0.464 e. The van der Waals surface area contributed by atoms with Gasteiger partial charge in [0.05, 0.1) is 19.0 Å². The minimum Gasteiger partial charge on any atom is -0.464 e. The molecule has 0 saturated carbocycles. The molecule has 1 aliphatic rings. The Bertz CT molecular complexity index is 992. The number of fused-ring (bicyclic) bond motifs is 1. The summed E-state index contributed by atoms with van der Waals surface area (Å²) in [4.78, 5) is 24.2. The second-order valence-corrected chi connectivity index (χ2v) is 6.30. The fraction of sp³-hybridized carbons (Fsp3) is 0.176. The molecule has 9 heteroatoms. The Hall–Kier alpha value is -3.13. The van der Waals surface area contributed by atoms with Gasteiger partial charge in [-0.15, -0.1) is 0 Å². The number of H-pyrrole nitrogens is 2. The van der Waals surface area contributed by atoms with Crippen LogP contribution in [0.4, 0.5) is 5.82 Å². The van der Waals surface area contributed by atoms with Gasteiger partial charge in [-0.25, -0.2) is 4.79 Å². The van der Waals surface area contributed by atoms with Gasteiger partial charge in [0, 0.05) is 28.5 Å². The average molecular weight is 372 g/mol. The lowest BCUT2D eigenvalue weighted by atomic mass is 9.84. The second kappa shape index (κ2) is 6.30. The van der Waals surface area contributed by atoms with Crippen molar-refractivity contribution in [3.8, 4) is 11.3 Å². The first-order valence-electron chi connectivity index (χ1n) is 7.84. The minimum absolute atomic E-state index is 0.163. The summed E-state index contributed by atoms with van der Waals surface area (Å²) in [6.07, 6.45) is 1.82. The number of carbonyl (C=O) groups is 2. The van der Waals surface area contributed by atoms with Crippen molar-refractivity contribution < 1.29 is 14.3 Å². The molecule has 3 heterocycles. The first kappa shape index (κ1) is 16.3. The van der Waals surface area contributed by atoms with Gasteiger partial charge < -0.3 is 10.1 Å². The lowest BCUT2D eigenvalue weighted by molar-refractivity contribution is -0.116. The molecule has 0 bridgehead atoms. The Kier molecular flexibility index (Phi) is 3.96. The molecule has 0 spiro atoms. The molecule has 0 aliphatic carbocycles. The van der Waals surface area contributed by atoms with Gasteiger partial charge in [0.2, 0.25) is 5.91 Å². The number of nitrogens with zero attached hydrogens (tertiary/aromatic N) is 2. The summed E-state index contributed by atoms with van der Waals surface area (Å²) in [5.41, 5.74) is 3.22. The normalized spacial score (nSPS) is 16.1. The maximum Gasteiger partial charge on any atom is 0.356 e. The third-order valence-electron chi connectivity index (χ3n) is 4.37. The maximum absolute atomic E-state index is 12.1. The van der Waals surface area contributed by atoms with Crippen LogP contribution < -0.4 is 5.32 Å². The molecular formula is C17H14ClN5O3. The highest BCUT2D eigenvalue weighted by atomic mass is 35.5. The monoisotopic (exact) mass is 371 g/mol. The van der Waals surface area contributed by atoms with Crippen molar-refractivity contribution in [3.05, 3.63) is 52.3 Å². The fourth-order valence-corrected chi connectivity index (χ4v) is 3.31. The van der Waals surface area contributed by atoms with Crippen LogP contribution in [0.15, 0.2) is 30.5 Å². The Balaban J connectivity index is 1.84. The number of hydrogen-bond donors (Lipinski definition) is 3. The number of hydrogen-bond acceptors (Lipinski definition) is 5. The lowest BCUT2D eigenvalue weighted by Crippen LogP contribution is -2.24. The highest BCUT2D eigenvalue weighted by Gasteiger charge is 2.35. The molecule has 4 rings (SSSR count). The summed E-state index contributed by atoms with van der Waals surface area (Å²) in [5, 5.41) is 17.1. The number of amides is 1. The number of halogens is 1. The van der Waals surface area contributed by atoms with Crippen LogP contribution in [0, 0.1) is 0 Å². The summed E-state index contributed by atoms with van der Waals surface area (Å²) in [6, 6.07) is 7.27. The van der Waals surface area contributed by atoms with E-state index in [1.807, 2.05) is 12.1 Å². The van der Waals surface area contributed by atoms with Gasteiger partial charge in [-0.2, -0.15) is 10.2 Å². The first-order valence-corrected chi connectivity index (χ1v) is 8.22. The predicted molar refractivity (Wildman–Crippen MR) is 94.1 cm³/mol. The molecule has 1 unspecified atom stereocenters. The van der Waals surface area contributed by atoms with E-state index in [9.17, 15) is 9.59 Å². The number of nitrogens with one attached hydrogen (secondary N) is 3. The van der Waals surface area contributed by atoms with Crippen LogP contribution in [0.2, 0.25) is 5.02 Å². The second-order valence-electron chi connectivity index (χ2n) is 5.86. The maximum atomic E-state index is 12.1. The Labute approximate surface area is 152 Å². The van der Waals surface area contributed by atoms with Gasteiger partial charge >= 0.3 is 5.97 Å². The smallest absolute Gasteiger partial charge is 0.356 e. The molecule has 0 fully saturated rings. The van der Waals surface area contributed by atoms with Crippen molar-refractivity contribution in [1.82, 2.24) is 20.4 Å². The molecule has 1 aromatic carbocycles. The van der Waals surface area contributed by atoms with Crippen molar-refractivity contribution in [1.29, 1.82) is 0 Å². The Morgan fingerprint density at radius 2 is 2.04 bits per heavy atom. The van der Waals surface area contributed by atoms with Gasteiger partial charge in [0.1, 0.15) is 5.69 Å². The number of ether oxygens (including phenoxy) is 1. The van der Waals surface area contributed by atoms with Crippen LogP contribution in [0.1, 0.15) is 34.0 Å². The van der Waals surface area contributed by atoms with E-state index in [1.165, 1.54) is 7.11 Å². The van der Waals surface area contributed by atoms with Crippen molar-refractivity contribution in [2.24, 2.45) is 0 Å². The minimum atomic E-state index is -0.545. The molecule has 132 valence electrons. The quantitative estimate of drug-likeness (QED) is 0.613. The van der Waals surface area contributed by atoms with E-state index in [1.54, 1.807) is 18.3 Å². The zero-order chi connectivity index (χ0) is 18.3. The molecule has 1 atom stereocenters. The molecule has 3 aromatic rings. The zero-order valence-corrected chi connectivity index (χ0v) is 14.4. The number of aromatic nitrogens is 4. The average Bonchev–Trinajstić information content (AvgIpc) is 3.28. The van der Waals surface area contributed by atoms with Crippen molar-refractivity contribution in [2.75, 3.05) is 12.4 Å². The molecule has 26 heavy (non-hydrogen) atoms. The van der Waals surface area contributed by atoms with Gasteiger partial charge in [0.25, 0.3) is 0 Å². The Morgan fingerprint density at radius 1 is 1.27 bits per heavy atom. The molecule has 3 N–H and O–H groups in total. The zero-order valence-electron chi connectivity index (χ0n) is 13.7. The fourth-order valence-electron chi connectivity index (χ4n) is 3.19. The molecule has 2 aromatic heterocycles. The Morgan fingerprint density at radius 3 is 2.77 bits per heavy atom. The number of methoxy groups -OCH3 is 1. The summed E-state index contributed by atoms with van der Waals surface area (Å²) in [5.74, 6) is -0.795. The van der Waals surface area contributed by atoms with Gasteiger partial charge in [-0.05, 0) is 17.7 Å². The molecular weight excluding hydrogens is 358 g/mol. The summed E-state index contributed by atoms with van der Waals surface area (Å²) in [6.45, 7) is 0. The summed E-state index contributed by atoms with van der Waals surface area (Å²) in [7, 11) is 1.29. The standard InChI is InChI=1S/C17H14ClN5O3/c1-26-17(25)15-13-10(6-12(24)20-16(13)23-22-15)11-7-19-21-14(11)8-2-4-9(18)5-3-8/h2-5,7,10H,6H2,1H3,(H,19,21)(H2,20,22,23,24). The summed E-state index contributed by atoms with van der Waals surface area (Å²) >= 11 is 5.96. The number of aromatic amines is 2. The number of carbonyl (C=O) groups excluding carboxylic acids is 2. The SMILES string of the molecule is COC(=O)c1[nH]nc2c1C(c1cn[nH]c1-c1ccc(Cl)cc1)CC(=O)N2. The van der Waals surface area contributed by atoms with Crippen LogP contribution in [-0.2, 0) is 9.53 Å². The molecule has 1 amide bonds. The first-order chi connectivity index (χ1) is 12.6. The van der Waals surface area contributed by atoms with E-state index in [-0.39, 0.29) is 18.0 Å². The molecule has 8 nitrogen and oxygen atoms in total. The van der Waals surface area contributed by atoms with Gasteiger partial charge in [-0.1, -0.05) is 23.7 Å². The number of esters is 1. The molecule has 0 radical (unpaired) electrons.